The van der Waals surface area contributed by atoms with E-state index in [0.29, 0.717) is 13.0 Å². The molecule has 1 fully saturated rings. The normalized spacial score (nSPS) is 21.9. The smallest absolute Gasteiger partial charge is 0.223 e. The summed E-state index contributed by atoms with van der Waals surface area (Å²) in [7, 11) is 0. The Labute approximate surface area is 132 Å². The molecule has 0 spiro atoms. The molecule has 1 saturated heterocycles. The van der Waals surface area contributed by atoms with E-state index >= 15 is 0 Å². The second-order valence-electron chi connectivity index (χ2n) is 6.20. The summed E-state index contributed by atoms with van der Waals surface area (Å²) in [5.41, 5.74) is 3.46. The second-order valence-corrected chi connectivity index (χ2v) is 6.20. The number of carbonyl (C=O) groups excluding carboxylic acids is 1. The number of aromatic nitrogens is 1. The van der Waals surface area contributed by atoms with Gasteiger partial charge in [0.05, 0.1) is 0 Å². The Hall–Kier alpha value is -2.16. The van der Waals surface area contributed by atoms with Crippen molar-refractivity contribution >= 4 is 5.91 Å². The molecule has 2 aromatic rings. The van der Waals surface area contributed by atoms with E-state index in [1.807, 2.05) is 35.4 Å². The van der Waals surface area contributed by atoms with E-state index in [1.165, 1.54) is 11.1 Å². The van der Waals surface area contributed by atoms with Gasteiger partial charge in [0.25, 0.3) is 0 Å². The molecule has 1 amide bonds. The Morgan fingerprint density at radius 1 is 1.18 bits per heavy atom. The number of carbonyl (C=O) groups is 1. The predicted molar refractivity (Wildman–Crippen MR) is 87.4 cm³/mol. The number of aryl methyl sites for hydroxylation is 1. The van der Waals surface area contributed by atoms with Gasteiger partial charge in [-0.05, 0) is 37.5 Å². The molecule has 0 saturated carbocycles. The highest BCUT2D eigenvalue weighted by molar-refractivity contribution is 5.78. The maximum atomic E-state index is 12.6. The standard InChI is InChI=1S/C19H22N2O/c1-14-7-6-10-20-19(14)17-11-15(2)21(18(22)12-17)13-16-8-4-3-5-9-16/h3-10,15,17H,11-13H2,1-2H3/t15-,17?/m1/s1. The molecule has 0 bridgehead atoms. The van der Waals surface area contributed by atoms with Crippen molar-refractivity contribution in [3.8, 4) is 0 Å². The zero-order chi connectivity index (χ0) is 15.5. The van der Waals surface area contributed by atoms with Crippen LogP contribution in [0.25, 0.3) is 0 Å². The van der Waals surface area contributed by atoms with Gasteiger partial charge in [-0.1, -0.05) is 36.4 Å². The molecule has 3 heteroatoms. The zero-order valence-corrected chi connectivity index (χ0v) is 13.2. The molecule has 1 aliphatic heterocycles. The second kappa shape index (κ2) is 6.30. The van der Waals surface area contributed by atoms with Crippen molar-refractivity contribution in [3.63, 3.8) is 0 Å². The maximum Gasteiger partial charge on any atom is 0.223 e. The SMILES string of the molecule is Cc1cccnc1C1CC(=O)N(Cc2ccccc2)[C@H](C)C1. The Bertz CT molecular complexity index is 653. The summed E-state index contributed by atoms with van der Waals surface area (Å²) in [6.45, 7) is 4.92. The highest BCUT2D eigenvalue weighted by Crippen LogP contribution is 2.33. The van der Waals surface area contributed by atoms with E-state index < -0.39 is 0 Å². The van der Waals surface area contributed by atoms with Crippen LogP contribution in [0, 0.1) is 6.92 Å². The van der Waals surface area contributed by atoms with Crippen LogP contribution in [-0.4, -0.2) is 21.8 Å². The molecule has 1 unspecified atom stereocenters. The Kier molecular flexibility index (Phi) is 4.23. The molecular formula is C19H22N2O. The minimum atomic E-state index is 0.234. The third kappa shape index (κ3) is 3.03. The molecule has 0 N–H and O–H groups in total. The van der Waals surface area contributed by atoms with Crippen LogP contribution in [0.5, 0.6) is 0 Å². The molecule has 1 aliphatic rings. The number of rotatable bonds is 3. The van der Waals surface area contributed by atoms with Crippen LogP contribution in [0.15, 0.2) is 48.7 Å². The molecule has 0 aliphatic carbocycles. The summed E-state index contributed by atoms with van der Waals surface area (Å²) >= 11 is 0. The Morgan fingerprint density at radius 3 is 2.64 bits per heavy atom. The van der Waals surface area contributed by atoms with Crippen LogP contribution in [0.4, 0.5) is 0 Å². The van der Waals surface area contributed by atoms with Crippen molar-refractivity contribution in [3.05, 3.63) is 65.5 Å². The highest BCUT2D eigenvalue weighted by Gasteiger charge is 2.33. The molecular weight excluding hydrogens is 272 g/mol. The predicted octanol–water partition coefficient (Wildman–Crippen LogP) is 3.68. The number of hydrogen-bond donors (Lipinski definition) is 0. The third-order valence-electron chi connectivity index (χ3n) is 4.53. The summed E-state index contributed by atoms with van der Waals surface area (Å²) in [6.07, 6.45) is 3.37. The first-order valence-electron chi connectivity index (χ1n) is 7.90. The van der Waals surface area contributed by atoms with Gasteiger partial charge in [-0.3, -0.25) is 9.78 Å². The number of likely N-dealkylation sites (tertiary alicyclic amines) is 1. The number of benzene rings is 1. The Morgan fingerprint density at radius 2 is 1.95 bits per heavy atom. The van der Waals surface area contributed by atoms with E-state index in [2.05, 4.69) is 37.0 Å². The fraction of sp³-hybridized carbons (Fsp3) is 0.368. The van der Waals surface area contributed by atoms with Crippen LogP contribution in [0.1, 0.15) is 42.5 Å². The lowest BCUT2D eigenvalue weighted by Crippen LogP contribution is -2.44. The van der Waals surface area contributed by atoms with Crippen molar-refractivity contribution in [2.75, 3.05) is 0 Å². The van der Waals surface area contributed by atoms with E-state index in [9.17, 15) is 4.79 Å². The maximum absolute atomic E-state index is 12.6. The summed E-state index contributed by atoms with van der Waals surface area (Å²) in [4.78, 5) is 19.1. The van der Waals surface area contributed by atoms with Gasteiger partial charge in [-0.2, -0.15) is 0 Å². The van der Waals surface area contributed by atoms with E-state index in [4.69, 9.17) is 0 Å². The van der Waals surface area contributed by atoms with Gasteiger partial charge in [-0.15, -0.1) is 0 Å². The zero-order valence-electron chi connectivity index (χ0n) is 13.2. The average Bonchev–Trinajstić information content (AvgIpc) is 2.52. The van der Waals surface area contributed by atoms with Gasteiger partial charge in [0.15, 0.2) is 0 Å². The highest BCUT2D eigenvalue weighted by atomic mass is 16.2. The molecule has 1 aromatic heterocycles. The van der Waals surface area contributed by atoms with Gasteiger partial charge in [-0.25, -0.2) is 0 Å². The van der Waals surface area contributed by atoms with Gasteiger partial charge in [0, 0.05) is 36.8 Å². The van der Waals surface area contributed by atoms with Crippen LogP contribution < -0.4 is 0 Å². The first-order valence-corrected chi connectivity index (χ1v) is 7.90. The van der Waals surface area contributed by atoms with Gasteiger partial charge in [0.1, 0.15) is 0 Å². The average molecular weight is 294 g/mol. The number of hydrogen-bond acceptors (Lipinski definition) is 2. The minimum Gasteiger partial charge on any atom is -0.336 e. The summed E-state index contributed by atoms with van der Waals surface area (Å²) in [5.74, 6) is 0.480. The lowest BCUT2D eigenvalue weighted by Gasteiger charge is -2.37. The Balaban J connectivity index is 1.75. The molecule has 3 rings (SSSR count). The molecule has 2 atom stereocenters. The minimum absolute atomic E-state index is 0.234. The first kappa shape index (κ1) is 14.8. The lowest BCUT2D eigenvalue weighted by atomic mass is 9.86. The summed E-state index contributed by atoms with van der Waals surface area (Å²) in [5, 5.41) is 0. The quantitative estimate of drug-likeness (QED) is 0.865. The van der Waals surface area contributed by atoms with Crippen LogP contribution in [0.2, 0.25) is 0 Å². The third-order valence-corrected chi connectivity index (χ3v) is 4.53. The summed E-state index contributed by atoms with van der Waals surface area (Å²) < 4.78 is 0. The van der Waals surface area contributed by atoms with E-state index in [-0.39, 0.29) is 17.9 Å². The summed E-state index contributed by atoms with van der Waals surface area (Å²) in [6, 6.07) is 14.5. The molecule has 2 heterocycles. The molecule has 0 radical (unpaired) electrons. The molecule has 3 nitrogen and oxygen atoms in total. The van der Waals surface area contributed by atoms with E-state index in [1.54, 1.807) is 0 Å². The van der Waals surface area contributed by atoms with Crippen molar-refractivity contribution in [1.29, 1.82) is 0 Å². The fourth-order valence-corrected chi connectivity index (χ4v) is 3.35. The van der Waals surface area contributed by atoms with Crippen molar-refractivity contribution in [1.82, 2.24) is 9.88 Å². The number of nitrogens with zero attached hydrogens (tertiary/aromatic N) is 2. The number of piperidine rings is 1. The largest absolute Gasteiger partial charge is 0.336 e. The van der Waals surface area contributed by atoms with Crippen molar-refractivity contribution in [2.24, 2.45) is 0 Å². The van der Waals surface area contributed by atoms with Crippen LogP contribution >= 0.6 is 0 Å². The topological polar surface area (TPSA) is 33.2 Å². The van der Waals surface area contributed by atoms with E-state index in [0.717, 1.165) is 12.1 Å². The first-order chi connectivity index (χ1) is 10.6. The van der Waals surface area contributed by atoms with Crippen molar-refractivity contribution < 1.29 is 4.79 Å². The lowest BCUT2D eigenvalue weighted by molar-refractivity contribution is -0.137. The van der Waals surface area contributed by atoms with Gasteiger partial charge >= 0.3 is 0 Å². The molecule has 114 valence electrons. The molecule has 1 aromatic carbocycles. The van der Waals surface area contributed by atoms with Crippen LogP contribution in [-0.2, 0) is 11.3 Å². The van der Waals surface area contributed by atoms with Crippen molar-refractivity contribution in [2.45, 2.75) is 45.2 Å². The van der Waals surface area contributed by atoms with Gasteiger partial charge in [0.2, 0.25) is 5.91 Å². The number of amides is 1. The monoisotopic (exact) mass is 294 g/mol. The van der Waals surface area contributed by atoms with Gasteiger partial charge < -0.3 is 4.90 Å². The fourth-order valence-electron chi connectivity index (χ4n) is 3.35. The number of pyridine rings is 1. The molecule has 22 heavy (non-hydrogen) atoms. The van der Waals surface area contributed by atoms with Crippen LogP contribution in [0.3, 0.4) is 0 Å².